The van der Waals surface area contributed by atoms with E-state index in [1.807, 2.05) is 20.8 Å². The molecule has 0 fully saturated rings. The summed E-state index contributed by atoms with van der Waals surface area (Å²) in [6.07, 6.45) is 7.40. The standard InChI is InChI=1S/C20H43NO4Si/c1-7-11-12-13-14-15-19(22)21-18-20(5,6)16-17-26(23-8-2,24-9-3)25-10-4/h7-18H2,1-6H3,(H,21,22). The Morgan fingerprint density at radius 1 is 0.885 bits per heavy atom. The van der Waals surface area contributed by atoms with Crippen LogP contribution in [0.2, 0.25) is 6.04 Å². The number of rotatable bonds is 17. The molecule has 0 aliphatic rings. The molecule has 0 unspecified atom stereocenters. The normalized spacial score (nSPS) is 12.4. The largest absolute Gasteiger partial charge is 0.500 e. The van der Waals surface area contributed by atoms with Crippen molar-refractivity contribution in [2.24, 2.45) is 5.41 Å². The van der Waals surface area contributed by atoms with E-state index in [4.69, 9.17) is 13.3 Å². The molecule has 0 saturated heterocycles. The molecule has 26 heavy (non-hydrogen) atoms. The van der Waals surface area contributed by atoms with Gasteiger partial charge >= 0.3 is 8.80 Å². The van der Waals surface area contributed by atoms with E-state index in [1.165, 1.54) is 19.3 Å². The Bertz CT molecular complexity index is 347. The molecule has 156 valence electrons. The molecular weight excluding hydrogens is 346 g/mol. The summed E-state index contributed by atoms with van der Waals surface area (Å²) in [5.74, 6) is 0.164. The molecule has 1 N–H and O–H groups in total. The average Bonchev–Trinajstić information content (AvgIpc) is 2.59. The zero-order chi connectivity index (χ0) is 19.9. The van der Waals surface area contributed by atoms with Crippen molar-refractivity contribution in [2.75, 3.05) is 26.4 Å². The number of hydrogen-bond donors (Lipinski definition) is 1. The second-order valence-corrected chi connectivity index (χ2v) is 10.3. The van der Waals surface area contributed by atoms with Gasteiger partial charge in [0.25, 0.3) is 0 Å². The maximum Gasteiger partial charge on any atom is 0.500 e. The second kappa shape index (κ2) is 14.6. The van der Waals surface area contributed by atoms with Crippen molar-refractivity contribution in [3.8, 4) is 0 Å². The number of carbonyl (C=O) groups is 1. The van der Waals surface area contributed by atoms with Crippen molar-refractivity contribution in [3.05, 3.63) is 0 Å². The van der Waals surface area contributed by atoms with E-state index in [9.17, 15) is 4.79 Å². The van der Waals surface area contributed by atoms with Gasteiger partial charge < -0.3 is 18.6 Å². The highest BCUT2D eigenvalue weighted by molar-refractivity contribution is 6.60. The lowest BCUT2D eigenvalue weighted by Crippen LogP contribution is -2.47. The minimum atomic E-state index is -2.61. The first-order valence-electron chi connectivity index (χ1n) is 10.5. The Kier molecular flexibility index (Phi) is 14.4. The smallest absolute Gasteiger partial charge is 0.374 e. The van der Waals surface area contributed by atoms with E-state index in [-0.39, 0.29) is 11.3 Å². The lowest BCUT2D eigenvalue weighted by atomic mass is 9.90. The van der Waals surface area contributed by atoms with Gasteiger partial charge in [-0.15, -0.1) is 0 Å². The Balaban J connectivity index is 4.33. The molecule has 0 heterocycles. The van der Waals surface area contributed by atoms with E-state index in [0.717, 1.165) is 25.3 Å². The highest BCUT2D eigenvalue weighted by Gasteiger charge is 2.41. The Morgan fingerprint density at radius 2 is 1.42 bits per heavy atom. The summed E-state index contributed by atoms with van der Waals surface area (Å²) in [5.41, 5.74) is -0.0125. The van der Waals surface area contributed by atoms with Gasteiger partial charge in [-0.05, 0) is 39.0 Å². The van der Waals surface area contributed by atoms with Gasteiger partial charge in [-0.2, -0.15) is 0 Å². The zero-order valence-corrected chi connectivity index (χ0v) is 19.1. The topological polar surface area (TPSA) is 56.8 Å². The second-order valence-electron chi connectivity index (χ2n) is 7.59. The fourth-order valence-electron chi connectivity index (χ4n) is 2.90. The third kappa shape index (κ3) is 12.0. The van der Waals surface area contributed by atoms with Crippen LogP contribution in [0.15, 0.2) is 0 Å². The molecule has 0 aromatic carbocycles. The third-order valence-corrected chi connectivity index (χ3v) is 7.52. The lowest BCUT2D eigenvalue weighted by molar-refractivity contribution is -0.121. The monoisotopic (exact) mass is 389 g/mol. The molecular formula is C20H43NO4Si. The van der Waals surface area contributed by atoms with Crippen LogP contribution in [0.3, 0.4) is 0 Å². The summed E-state index contributed by atoms with van der Waals surface area (Å²) in [5, 5.41) is 3.10. The van der Waals surface area contributed by atoms with Crippen LogP contribution in [0.4, 0.5) is 0 Å². The van der Waals surface area contributed by atoms with Crippen LogP contribution in [-0.4, -0.2) is 41.1 Å². The van der Waals surface area contributed by atoms with Crippen molar-refractivity contribution in [2.45, 2.75) is 92.5 Å². The van der Waals surface area contributed by atoms with E-state index >= 15 is 0 Å². The molecule has 0 saturated carbocycles. The predicted molar refractivity (Wildman–Crippen MR) is 110 cm³/mol. The molecule has 0 aliphatic carbocycles. The van der Waals surface area contributed by atoms with Crippen LogP contribution in [0.5, 0.6) is 0 Å². The summed E-state index contributed by atoms with van der Waals surface area (Å²) in [6, 6.07) is 0.780. The van der Waals surface area contributed by atoms with Gasteiger partial charge in [-0.3, -0.25) is 4.79 Å². The van der Waals surface area contributed by atoms with Crippen LogP contribution in [0, 0.1) is 5.41 Å². The lowest BCUT2D eigenvalue weighted by Gasteiger charge is -2.32. The van der Waals surface area contributed by atoms with Gasteiger partial charge in [-0.1, -0.05) is 46.5 Å². The SMILES string of the molecule is CCCCCCCC(=O)NCC(C)(C)CC[Si](OCC)(OCC)OCC. The van der Waals surface area contributed by atoms with E-state index in [2.05, 4.69) is 26.1 Å². The first-order valence-corrected chi connectivity index (χ1v) is 12.5. The van der Waals surface area contributed by atoms with Crippen molar-refractivity contribution in [3.63, 3.8) is 0 Å². The Morgan fingerprint density at radius 3 is 1.92 bits per heavy atom. The molecule has 0 aromatic heterocycles. The highest BCUT2D eigenvalue weighted by atomic mass is 28.4. The Labute approximate surface area is 162 Å². The average molecular weight is 390 g/mol. The first kappa shape index (κ1) is 25.6. The number of nitrogens with one attached hydrogen (secondary N) is 1. The molecule has 0 radical (unpaired) electrons. The molecule has 0 aliphatic heterocycles. The predicted octanol–water partition coefficient (Wildman–Crippen LogP) is 4.93. The summed E-state index contributed by atoms with van der Waals surface area (Å²) < 4.78 is 17.8. The van der Waals surface area contributed by atoms with E-state index in [0.29, 0.717) is 32.8 Å². The highest BCUT2D eigenvalue weighted by Crippen LogP contribution is 2.28. The van der Waals surface area contributed by atoms with Crippen molar-refractivity contribution in [1.82, 2.24) is 5.32 Å². The maximum atomic E-state index is 12.1. The quantitative estimate of drug-likeness (QED) is 0.283. The molecule has 0 aromatic rings. The van der Waals surface area contributed by atoms with Crippen LogP contribution in [-0.2, 0) is 18.1 Å². The summed E-state index contributed by atoms with van der Waals surface area (Å²) in [4.78, 5) is 12.1. The number of amides is 1. The fourth-order valence-corrected chi connectivity index (χ4v) is 5.88. The van der Waals surface area contributed by atoms with E-state index < -0.39 is 8.80 Å². The van der Waals surface area contributed by atoms with Crippen LogP contribution in [0.1, 0.15) is 86.5 Å². The minimum Gasteiger partial charge on any atom is -0.374 e. The number of carbonyl (C=O) groups excluding carboxylic acids is 1. The first-order chi connectivity index (χ1) is 12.3. The molecule has 6 heteroatoms. The Hall–Kier alpha value is -0.433. The van der Waals surface area contributed by atoms with Crippen LogP contribution < -0.4 is 5.32 Å². The van der Waals surface area contributed by atoms with Gasteiger partial charge in [-0.25, -0.2) is 0 Å². The van der Waals surface area contributed by atoms with Crippen molar-refractivity contribution < 1.29 is 18.1 Å². The summed E-state index contributed by atoms with van der Waals surface area (Å²) in [7, 11) is -2.61. The van der Waals surface area contributed by atoms with Crippen molar-refractivity contribution >= 4 is 14.7 Å². The van der Waals surface area contributed by atoms with Gasteiger partial charge in [0, 0.05) is 38.8 Å². The molecule has 0 atom stereocenters. The summed E-state index contributed by atoms with van der Waals surface area (Å²) in [6.45, 7) is 15.0. The van der Waals surface area contributed by atoms with Crippen LogP contribution >= 0.6 is 0 Å². The van der Waals surface area contributed by atoms with Gasteiger partial charge in [0.05, 0.1) is 0 Å². The van der Waals surface area contributed by atoms with Crippen LogP contribution in [0.25, 0.3) is 0 Å². The van der Waals surface area contributed by atoms with E-state index in [1.54, 1.807) is 0 Å². The maximum absolute atomic E-state index is 12.1. The number of hydrogen-bond acceptors (Lipinski definition) is 4. The molecule has 0 spiro atoms. The molecule has 0 rings (SSSR count). The van der Waals surface area contributed by atoms with Gasteiger partial charge in [0.15, 0.2) is 0 Å². The molecule has 0 bridgehead atoms. The zero-order valence-electron chi connectivity index (χ0n) is 18.1. The summed E-state index contributed by atoms with van der Waals surface area (Å²) >= 11 is 0. The third-order valence-electron chi connectivity index (χ3n) is 4.47. The minimum absolute atomic E-state index is 0.0125. The van der Waals surface area contributed by atoms with Gasteiger partial charge in [0.2, 0.25) is 5.91 Å². The fraction of sp³-hybridized carbons (Fsp3) is 0.950. The van der Waals surface area contributed by atoms with Crippen molar-refractivity contribution in [1.29, 1.82) is 0 Å². The molecule has 1 amide bonds. The van der Waals surface area contributed by atoms with Gasteiger partial charge in [0.1, 0.15) is 0 Å². The molecule has 5 nitrogen and oxygen atoms in total. The number of unbranched alkanes of at least 4 members (excludes halogenated alkanes) is 4.